The van der Waals surface area contributed by atoms with Crippen LogP contribution in [0.4, 0.5) is 0 Å². The lowest BCUT2D eigenvalue weighted by Gasteiger charge is -2.13. The number of benzene rings is 1. The van der Waals surface area contributed by atoms with Gasteiger partial charge >= 0.3 is 11.7 Å². The Morgan fingerprint density at radius 3 is 2.89 bits per heavy atom. The molecule has 0 bridgehead atoms. The van der Waals surface area contributed by atoms with E-state index in [1.807, 2.05) is 6.92 Å². The van der Waals surface area contributed by atoms with Gasteiger partial charge < -0.3 is 14.8 Å². The molecule has 1 aromatic heterocycles. The largest absolute Gasteiger partial charge is 0.478 e. The molecule has 0 fully saturated rings. The number of aromatic nitrogens is 2. The maximum atomic E-state index is 12.0. The smallest absolute Gasteiger partial charge is 0.337 e. The van der Waals surface area contributed by atoms with E-state index in [1.165, 1.54) is 10.6 Å². The number of para-hydroxylation sites is 1. The van der Waals surface area contributed by atoms with Gasteiger partial charge in [-0.25, -0.2) is 9.59 Å². The van der Waals surface area contributed by atoms with Gasteiger partial charge in [0, 0.05) is 19.8 Å². The Morgan fingerprint density at radius 1 is 1.53 bits per heavy atom. The van der Waals surface area contributed by atoms with Crippen molar-refractivity contribution in [2.75, 3.05) is 13.7 Å². The standard InChI is InChI=1S/C13H16N2O4/c1-8(6-7-19-2)15-11-9(12(16)17)4-3-5-10(11)14-13(15)18/h3-5,8H,6-7H2,1-2H3,(H,14,18)(H,16,17). The molecule has 102 valence electrons. The van der Waals surface area contributed by atoms with E-state index in [0.717, 1.165) is 0 Å². The van der Waals surface area contributed by atoms with Crippen LogP contribution in [0, 0.1) is 0 Å². The number of carboxylic acids is 1. The van der Waals surface area contributed by atoms with E-state index in [0.29, 0.717) is 24.1 Å². The highest BCUT2D eigenvalue weighted by Gasteiger charge is 2.18. The number of rotatable bonds is 5. The number of hydrogen-bond acceptors (Lipinski definition) is 3. The molecular weight excluding hydrogens is 248 g/mol. The van der Waals surface area contributed by atoms with Gasteiger partial charge in [-0.15, -0.1) is 0 Å². The number of aromatic amines is 1. The van der Waals surface area contributed by atoms with Crippen molar-refractivity contribution in [2.24, 2.45) is 0 Å². The molecule has 1 heterocycles. The van der Waals surface area contributed by atoms with Gasteiger partial charge in [0.15, 0.2) is 0 Å². The molecular formula is C13H16N2O4. The second-order valence-corrected chi connectivity index (χ2v) is 4.44. The maximum absolute atomic E-state index is 12.0. The minimum Gasteiger partial charge on any atom is -0.478 e. The Bertz CT molecular complexity index is 656. The third kappa shape index (κ3) is 2.39. The van der Waals surface area contributed by atoms with E-state index >= 15 is 0 Å². The number of ether oxygens (including phenoxy) is 1. The zero-order valence-corrected chi connectivity index (χ0v) is 10.8. The summed E-state index contributed by atoms with van der Waals surface area (Å²) in [6, 6.07) is 4.67. The predicted molar refractivity (Wildman–Crippen MR) is 70.7 cm³/mol. The molecule has 0 aliphatic rings. The van der Waals surface area contributed by atoms with E-state index in [9.17, 15) is 14.7 Å². The van der Waals surface area contributed by atoms with Crippen LogP contribution in [0.5, 0.6) is 0 Å². The fraction of sp³-hybridized carbons (Fsp3) is 0.385. The van der Waals surface area contributed by atoms with Crippen LogP contribution in [0.2, 0.25) is 0 Å². The lowest BCUT2D eigenvalue weighted by Crippen LogP contribution is -2.22. The van der Waals surface area contributed by atoms with Crippen molar-refractivity contribution >= 4 is 17.0 Å². The molecule has 1 aromatic carbocycles. The van der Waals surface area contributed by atoms with Gasteiger partial charge in [0.1, 0.15) is 0 Å². The fourth-order valence-electron chi connectivity index (χ4n) is 2.19. The molecule has 0 saturated carbocycles. The number of hydrogen-bond donors (Lipinski definition) is 2. The van der Waals surface area contributed by atoms with Crippen molar-refractivity contribution in [1.82, 2.24) is 9.55 Å². The second-order valence-electron chi connectivity index (χ2n) is 4.44. The summed E-state index contributed by atoms with van der Waals surface area (Å²) in [5, 5.41) is 9.22. The molecule has 1 atom stereocenters. The molecule has 0 radical (unpaired) electrons. The first-order valence-electron chi connectivity index (χ1n) is 6.01. The number of fused-ring (bicyclic) bond motifs is 1. The Kier molecular flexibility index (Phi) is 3.71. The normalized spacial score (nSPS) is 12.7. The van der Waals surface area contributed by atoms with E-state index in [2.05, 4.69) is 4.98 Å². The lowest BCUT2D eigenvalue weighted by atomic mass is 10.1. The highest BCUT2D eigenvalue weighted by Crippen LogP contribution is 2.21. The molecule has 6 heteroatoms. The Balaban J connectivity index is 2.62. The molecule has 2 aromatic rings. The number of imidazole rings is 1. The van der Waals surface area contributed by atoms with Gasteiger partial charge in [0.25, 0.3) is 0 Å². The number of nitrogens with one attached hydrogen (secondary N) is 1. The highest BCUT2D eigenvalue weighted by molar-refractivity contribution is 6.01. The second kappa shape index (κ2) is 5.27. The van der Waals surface area contributed by atoms with Gasteiger partial charge in [-0.2, -0.15) is 0 Å². The SMILES string of the molecule is COCCC(C)n1c(=O)[nH]c2cccc(C(=O)O)c21. The minimum absolute atomic E-state index is 0.125. The number of methoxy groups -OCH3 is 1. The summed E-state index contributed by atoms with van der Waals surface area (Å²) >= 11 is 0. The van der Waals surface area contributed by atoms with E-state index in [4.69, 9.17) is 4.74 Å². The number of nitrogens with zero attached hydrogens (tertiary/aromatic N) is 1. The van der Waals surface area contributed by atoms with Crippen molar-refractivity contribution in [3.05, 3.63) is 34.2 Å². The quantitative estimate of drug-likeness (QED) is 0.859. The summed E-state index contributed by atoms with van der Waals surface area (Å²) in [4.78, 5) is 25.9. The van der Waals surface area contributed by atoms with Gasteiger partial charge in [-0.3, -0.25) is 4.57 Å². The Hall–Kier alpha value is -2.08. The third-order valence-corrected chi connectivity index (χ3v) is 3.15. The van der Waals surface area contributed by atoms with Crippen LogP contribution in [-0.4, -0.2) is 34.3 Å². The summed E-state index contributed by atoms with van der Waals surface area (Å²) in [6.07, 6.45) is 0.636. The first-order valence-corrected chi connectivity index (χ1v) is 6.01. The summed E-state index contributed by atoms with van der Waals surface area (Å²) in [5.74, 6) is -1.04. The molecule has 2 N–H and O–H groups in total. The lowest BCUT2D eigenvalue weighted by molar-refractivity contribution is 0.0698. The molecule has 1 unspecified atom stereocenters. The first kappa shape index (κ1) is 13.4. The van der Waals surface area contributed by atoms with E-state index in [1.54, 1.807) is 19.2 Å². The van der Waals surface area contributed by atoms with Crippen LogP contribution in [-0.2, 0) is 4.74 Å². The van der Waals surface area contributed by atoms with Crippen molar-refractivity contribution < 1.29 is 14.6 Å². The van der Waals surface area contributed by atoms with E-state index in [-0.39, 0.29) is 17.3 Å². The van der Waals surface area contributed by atoms with Crippen LogP contribution in [0.1, 0.15) is 29.7 Å². The van der Waals surface area contributed by atoms with Crippen LogP contribution >= 0.6 is 0 Å². The van der Waals surface area contributed by atoms with Gasteiger partial charge in [0.2, 0.25) is 0 Å². The average Bonchev–Trinajstić information content (AvgIpc) is 2.71. The van der Waals surface area contributed by atoms with Crippen molar-refractivity contribution in [3.63, 3.8) is 0 Å². The molecule has 6 nitrogen and oxygen atoms in total. The molecule has 0 aliphatic carbocycles. The number of carbonyl (C=O) groups is 1. The molecule has 0 aliphatic heterocycles. The minimum atomic E-state index is -1.04. The van der Waals surface area contributed by atoms with Crippen molar-refractivity contribution in [1.29, 1.82) is 0 Å². The topological polar surface area (TPSA) is 84.3 Å². The zero-order chi connectivity index (χ0) is 14.0. The Morgan fingerprint density at radius 2 is 2.26 bits per heavy atom. The Labute approximate surface area is 109 Å². The monoisotopic (exact) mass is 264 g/mol. The molecule has 0 spiro atoms. The summed E-state index contributed by atoms with van der Waals surface area (Å²) in [5.41, 5.74) is 0.796. The first-order chi connectivity index (χ1) is 9.06. The van der Waals surface area contributed by atoms with Crippen LogP contribution in [0.15, 0.2) is 23.0 Å². The molecule has 0 saturated heterocycles. The highest BCUT2D eigenvalue weighted by atomic mass is 16.5. The fourth-order valence-corrected chi connectivity index (χ4v) is 2.19. The van der Waals surface area contributed by atoms with Crippen molar-refractivity contribution in [3.8, 4) is 0 Å². The van der Waals surface area contributed by atoms with Crippen LogP contribution in [0.3, 0.4) is 0 Å². The molecule has 0 amide bonds. The number of aromatic carboxylic acids is 1. The average molecular weight is 264 g/mol. The number of H-pyrrole nitrogens is 1. The third-order valence-electron chi connectivity index (χ3n) is 3.15. The van der Waals surface area contributed by atoms with Crippen molar-refractivity contribution in [2.45, 2.75) is 19.4 Å². The summed E-state index contributed by atoms with van der Waals surface area (Å²) in [6.45, 7) is 2.38. The van der Waals surface area contributed by atoms with Gasteiger partial charge in [0.05, 0.1) is 16.6 Å². The molecule has 19 heavy (non-hydrogen) atoms. The van der Waals surface area contributed by atoms with Crippen LogP contribution < -0.4 is 5.69 Å². The van der Waals surface area contributed by atoms with Crippen LogP contribution in [0.25, 0.3) is 11.0 Å². The summed E-state index contributed by atoms with van der Waals surface area (Å²) < 4.78 is 6.48. The van der Waals surface area contributed by atoms with E-state index < -0.39 is 5.97 Å². The summed E-state index contributed by atoms with van der Waals surface area (Å²) in [7, 11) is 1.59. The number of carboxylic acid groups (broad SMARTS) is 1. The maximum Gasteiger partial charge on any atom is 0.337 e. The predicted octanol–water partition coefficient (Wildman–Crippen LogP) is 1.63. The van der Waals surface area contributed by atoms with Gasteiger partial charge in [-0.05, 0) is 25.5 Å². The zero-order valence-electron chi connectivity index (χ0n) is 10.8. The molecule has 2 rings (SSSR count). The van der Waals surface area contributed by atoms with Gasteiger partial charge in [-0.1, -0.05) is 6.07 Å².